The number of nitrogens with zero attached hydrogens (tertiary/aromatic N) is 4. The predicted molar refractivity (Wildman–Crippen MR) is 48.5 cm³/mol. The van der Waals surface area contributed by atoms with Gasteiger partial charge in [0, 0.05) is 0 Å². The molecule has 0 bridgehead atoms. The fourth-order valence-corrected chi connectivity index (χ4v) is 1.78. The van der Waals surface area contributed by atoms with Crippen LogP contribution >= 0.6 is 39.1 Å². The molecule has 0 aliphatic rings. The van der Waals surface area contributed by atoms with E-state index in [1.54, 1.807) is 6.20 Å². The van der Waals surface area contributed by atoms with Crippen molar-refractivity contribution >= 4 is 44.9 Å². The molecule has 0 amide bonds. The molecular formula is C5HBrCl2N4. The smallest absolute Gasteiger partial charge is 0.239 e. The SMILES string of the molecule is Clc1nc(Cl)n2c(Br)cnc2n1. The van der Waals surface area contributed by atoms with Crippen LogP contribution in [-0.2, 0) is 0 Å². The molecule has 0 fully saturated rings. The summed E-state index contributed by atoms with van der Waals surface area (Å²) >= 11 is 14.6. The van der Waals surface area contributed by atoms with Gasteiger partial charge in [-0.3, -0.25) is 0 Å². The van der Waals surface area contributed by atoms with Crippen LogP contribution in [0.1, 0.15) is 0 Å². The third-order valence-electron chi connectivity index (χ3n) is 1.26. The Morgan fingerprint density at radius 3 is 2.83 bits per heavy atom. The van der Waals surface area contributed by atoms with Crippen molar-refractivity contribution in [2.45, 2.75) is 0 Å². The molecule has 2 aromatic rings. The van der Waals surface area contributed by atoms with E-state index in [1.165, 1.54) is 4.40 Å². The van der Waals surface area contributed by atoms with Crippen LogP contribution in [0, 0.1) is 0 Å². The van der Waals surface area contributed by atoms with Gasteiger partial charge < -0.3 is 0 Å². The van der Waals surface area contributed by atoms with Gasteiger partial charge >= 0.3 is 0 Å². The molecule has 12 heavy (non-hydrogen) atoms. The second-order valence-corrected chi connectivity index (χ2v) is 3.47. The first kappa shape index (κ1) is 8.22. The van der Waals surface area contributed by atoms with Crippen molar-refractivity contribution < 1.29 is 0 Å². The van der Waals surface area contributed by atoms with Gasteiger partial charge in [0.25, 0.3) is 0 Å². The lowest BCUT2D eigenvalue weighted by Gasteiger charge is -1.96. The third-order valence-corrected chi connectivity index (χ3v) is 2.24. The maximum absolute atomic E-state index is 5.77. The summed E-state index contributed by atoms with van der Waals surface area (Å²) in [6.07, 6.45) is 1.58. The molecule has 2 aromatic heterocycles. The highest BCUT2D eigenvalue weighted by Gasteiger charge is 2.07. The number of fused-ring (bicyclic) bond motifs is 1. The van der Waals surface area contributed by atoms with Crippen molar-refractivity contribution in [3.8, 4) is 0 Å². The van der Waals surface area contributed by atoms with E-state index in [-0.39, 0.29) is 10.6 Å². The highest BCUT2D eigenvalue weighted by atomic mass is 79.9. The quantitative estimate of drug-likeness (QED) is 0.735. The number of rotatable bonds is 0. The minimum Gasteiger partial charge on any atom is -0.245 e. The Hall–Kier alpha value is -0.390. The van der Waals surface area contributed by atoms with E-state index < -0.39 is 0 Å². The topological polar surface area (TPSA) is 43.1 Å². The summed E-state index contributed by atoms with van der Waals surface area (Å²) in [5.41, 5.74) is 0. The van der Waals surface area contributed by atoms with Crippen LogP contribution in [0.5, 0.6) is 0 Å². The molecule has 2 rings (SSSR count). The van der Waals surface area contributed by atoms with Crippen LogP contribution < -0.4 is 0 Å². The Kier molecular flexibility index (Phi) is 1.94. The van der Waals surface area contributed by atoms with Gasteiger partial charge in [0.2, 0.25) is 16.3 Å². The fraction of sp³-hybridized carbons (Fsp3) is 0. The van der Waals surface area contributed by atoms with Crippen LogP contribution in [0.25, 0.3) is 5.78 Å². The number of hydrogen-bond donors (Lipinski definition) is 0. The van der Waals surface area contributed by atoms with E-state index in [0.717, 1.165) is 0 Å². The highest BCUT2D eigenvalue weighted by molar-refractivity contribution is 9.10. The van der Waals surface area contributed by atoms with Crippen molar-refractivity contribution in [3.05, 3.63) is 21.4 Å². The average Bonchev–Trinajstić information content (AvgIpc) is 2.31. The van der Waals surface area contributed by atoms with Crippen LogP contribution in [-0.4, -0.2) is 19.4 Å². The molecule has 7 heteroatoms. The number of imidazole rings is 1. The monoisotopic (exact) mass is 266 g/mol. The summed E-state index contributed by atoms with van der Waals surface area (Å²) in [6.45, 7) is 0. The minimum atomic E-state index is 0.0885. The Morgan fingerprint density at radius 2 is 2.08 bits per heavy atom. The van der Waals surface area contributed by atoms with Crippen molar-refractivity contribution in [3.63, 3.8) is 0 Å². The number of halogens is 3. The summed E-state index contributed by atoms with van der Waals surface area (Å²) in [7, 11) is 0. The van der Waals surface area contributed by atoms with Gasteiger partial charge in [-0.2, -0.15) is 9.97 Å². The lowest BCUT2D eigenvalue weighted by atomic mass is 10.9. The third kappa shape index (κ3) is 1.18. The molecule has 0 atom stereocenters. The molecule has 0 aromatic carbocycles. The Labute approximate surface area is 85.7 Å². The minimum absolute atomic E-state index is 0.0885. The lowest BCUT2D eigenvalue weighted by molar-refractivity contribution is 0.998. The van der Waals surface area contributed by atoms with Gasteiger partial charge in [0.1, 0.15) is 4.60 Å². The van der Waals surface area contributed by atoms with Crippen molar-refractivity contribution in [1.82, 2.24) is 19.4 Å². The van der Waals surface area contributed by atoms with Crippen molar-refractivity contribution in [1.29, 1.82) is 0 Å². The maximum atomic E-state index is 5.77. The Balaban J connectivity index is 2.93. The zero-order valence-electron chi connectivity index (χ0n) is 5.50. The first-order valence-electron chi connectivity index (χ1n) is 2.90. The number of aromatic nitrogens is 4. The summed E-state index contributed by atoms with van der Waals surface area (Å²) < 4.78 is 2.23. The van der Waals surface area contributed by atoms with E-state index >= 15 is 0 Å². The van der Waals surface area contributed by atoms with Gasteiger partial charge in [0.15, 0.2) is 0 Å². The molecule has 0 N–H and O–H groups in total. The molecule has 0 aliphatic carbocycles. The van der Waals surface area contributed by atoms with Crippen molar-refractivity contribution in [2.75, 3.05) is 0 Å². The molecule has 0 spiro atoms. The molecule has 0 unspecified atom stereocenters. The standard InChI is InChI=1S/C5HBrCl2N4/c6-2-1-9-5-11-3(7)10-4(8)12(2)5/h1H. The zero-order valence-corrected chi connectivity index (χ0v) is 8.60. The second-order valence-electron chi connectivity index (χ2n) is 1.98. The molecule has 62 valence electrons. The predicted octanol–water partition coefficient (Wildman–Crippen LogP) is 2.19. The normalized spacial score (nSPS) is 10.9. The van der Waals surface area contributed by atoms with Crippen LogP contribution in [0.3, 0.4) is 0 Å². The van der Waals surface area contributed by atoms with Crippen LogP contribution in [0.2, 0.25) is 10.6 Å². The van der Waals surface area contributed by atoms with Crippen LogP contribution in [0.15, 0.2) is 10.8 Å². The highest BCUT2D eigenvalue weighted by Crippen LogP contribution is 2.17. The molecular weight excluding hydrogens is 267 g/mol. The Bertz CT molecular complexity index is 440. The molecule has 4 nitrogen and oxygen atoms in total. The largest absolute Gasteiger partial charge is 0.245 e. The molecule has 0 aliphatic heterocycles. The molecule has 0 saturated heterocycles. The van der Waals surface area contributed by atoms with E-state index in [1.807, 2.05) is 0 Å². The summed E-state index contributed by atoms with van der Waals surface area (Å²) in [5.74, 6) is 0.423. The van der Waals surface area contributed by atoms with E-state index in [0.29, 0.717) is 10.4 Å². The van der Waals surface area contributed by atoms with E-state index in [4.69, 9.17) is 23.2 Å². The first-order chi connectivity index (χ1) is 5.68. The zero-order chi connectivity index (χ0) is 8.72. The van der Waals surface area contributed by atoms with Gasteiger partial charge in [0.05, 0.1) is 6.20 Å². The summed E-state index contributed by atoms with van der Waals surface area (Å²) in [5, 5.41) is 0.319. The van der Waals surface area contributed by atoms with Crippen LogP contribution in [0.4, 0.5) is 0 Å². The fourth-order valence-electron chi connectivity index (χ4n) is 0.805. The van der Waals surface area contributed by atoms with Gasteiger partial charge in [-0.25, -0.2) is 9.38 Å². The lowest BCUT2D eigenvalue weighted by Crippen LogP contribution is -1.95. The second kappa shape index (κ2) is 2.83. The number of hydrogen-bond acceptors (Lipinski definition) is 3. The maximum Gasteiger partial charge on any atom is 0.239 e. The van der Waals surface area contributed by atoms with Gasteiger partial charge in [-0.1, -0.05) is 0 Å². The summed E-state index contributed by atoms with van der Waals surface area (Å²) in [6, 6.07) is 0. The van der Waals surface area contributed by atoms with Gasteiger partial charge in [-0.05, 0) is 39.1 Å². The molecule has 2 heterocycles. The Morgan fingerprint density at radius 1 is 1.33 bits per heavy atom. The summed E-state index contributed by atoms with van der Waals surface area (Å²) in [4.78, 5) is 11.5. The molecule has 0 radical (unpaired) electrons. The van der Waals surface area contributed by atoms with E-state index in [9.17, 15) is 0 Å². The average molecular weight is 268 g/mol. The first-order valence-corrected chi connectivity index (χ1v) is 4.45. The van der Waals surface area contributed by atoms with Gasteiger partial charge in [-0.15, -0.1) is 0 Å². The van der Waals surface area contributed by atoms with E-state index in [2.05, 4.69) is 30.9 Å². The molecule has 0 saturated carbocycles. The van der Waals surface area contributed by atoms with Crippen molar-refractivity contribution in [2.24, 2.45) is 0 Å².